The molecule has 10 heteroatoms. The molecule has 1 aromatic rings. The Kier molecular flexibility index (Phi) is 5.60. The molecular weight excluding hydrogens is 356 g/mol. The van der Waals surface area contributed by atoms with Gasteiger partial charge in [-0.2, -0.15) is 0 Å². The number of nitrogens with zero attached hydrogens (tertiary/aromatic N) is 1. The van der Waals surface area contributed by atoms with E-state index in [2.05, 4.69) is 20.7 Å². The highest BCUT2D eigenvalue weighted by molar-refractivity contribution is 9.10. The third-order valence-corrected chi connectivity index (χ3v) is 4.38. The van der Waals surface area contributed by atoms with Crippen molar-refractivity contribution in [1.29, 1.82) is 0 Å². The van der Waals surface area contributed by atoms with Crippen LogP contribution in [0, 0.1) is 10.1 Å². The summed E-state index contributed by atoms with van der Waals surface area (Å²) in [6, 6.07) is 3.32. The molecule has 0 amide bonds. The number of aliphatic carboxylic acids is 1. The van der Waals surface area contributed by atoms with Crippen LogP contribution in [0.15, 0.2) is 27.6 Å². The fourth-order valence-corrected chi connectivity index (χ4v) is 3.11. The Bertz CT molecular complexity index is 631. The number of hydrogen-bond donors (Lipinski definition) is 2. The third kappa shape index (κ3) is 4.54. The zero-order chi connectivity index (χ0) is 15.3. The van der Waals surface area contributed by atoms with E-state index in [0.717, 1.165) is 18.2 Å². The predicted octanol–water partition coefficient (Wildman–Crippen LogP) is 1.50. The van der Waals surface area contributed by atoms with E-state index in [-0.39, 0.29) is 34.4 Å². The fraction of sp³-hybridized carbons (Fsp3) is 0.300. The number of rotatable bonds is 7. The van der Waals surface area contributed by atoms with Gasteiger partial charge >= 0.3 is 5.97 Å². The quantitative estimate of drug-likeness (QED) is 0.427. The second-order valence-corrected chi connectivity index (χ2v) is 6.39. The van der Waals surface area contributed by atoms with E-state index in [1.54, 1.807) is 0 Å². The van der Waals surface area contributed by atoms with E-state index in [1.807, 2.05) is 0 Å². The molecule has 0 aromatic heterocycles. The minimum atomic E-state index is -3.82. The molecule has 0 aliphatic heterocycles. The molecule has 0 aliphatic rings. The Morgan fingerprint density at radius 1 is 1.45 bits per heavy atom. The third-order valence-electron chi connectivity index (χ3n) is 2.29. The van der Waals surface area contributed by atoms with Crippen molar-refractivity contribution >= 4 is 37.6 Å². The summed E-state index contributed by atoms with van der Waals surface area (Å²) >= 11 is 2.93. The highest BCUT2D eigenvalue weighted by atomic mass is 79.9. The second kappa shape index (κ2) is 6.77. The fourth-order valence-electron chi connectivity index (χ4n) is 1.33. The van der Waals surface area contributed by atoms with E-state index in [4.69, 9.17) is 5.11 Å². The van der Waals surface area contributed by atoms with Crippen LogP contribution in [0.25, 0.3) is 0 Å². The molecule has 0 saturated heterocycles. The van der Waals surface area contributed by atoms with Gasteiger partial charge in [-0.05, 0) is 34.5 Å². The average Bonchev–Trinajstić information content (AvgIpc) is 2.34. The first kappa shape index (κ1) is 16.5. The number of hydrogen-bond acceptors (Lipinski definition) is 5. The van der Waals surface area contributed by atoms with Crippen LogP contribution >= 0.6 is 15.9 Å². The normalized spacial score (nSPS) is 11.2. The summed E-state index contributed by atoms with van der Waals surface area (Å²) in [5, 5.41) is 19.0. The molecule has 0 bridgehead atoms. The number of nitrogens with one attached hydrogen (secondary N) is 1. The van der Waals surface area contributed by atoms with E-state index in [9.17, 15) is 23.3 Å². The zero-order valence-electron chi connectivity index (χ0n) is 10.1. The summed E-state index contributed by atoms with van der Waals surface area (Å²) in [6.07, 6.45) is 0.00912. The van der Waals surface area contributed by atoms with Gasteiger partial charge in [0, 0.05) is 19.0 Å². The van der Waals surface area contributed by atoms with Crippen LogP contribution in [0.3, 0.4) is 0 Å². The number of sulfonamides is 1. The summed E-state index contributed by atoms with van der Waals surface area (Å²) in [6.45, 7) is -0.0246. The molecule has 0 radical (unpaired) electrons. The molecule has 1 rings (SSSR count). The SMILES string of the molecule is O=C(O)CCCNS(=O)(=O)c1ccc([N+](=O)[O-])c(Br)c1. The number of benzene rings is 1. The summed E-state index contributed by atoms with van der Waals surface area (Å²) in [5.41, 5.74) is -0.241. The van der Waals surface area contributed by atoms with Gasteiger partial charge in [0.2, 0.25) is 10.0 Å². The minimum Gasteiger partial charge on any atom is -0.481 e. The second-order valence-electron chi connectivity index (χ2n) is 3.77. The van der Waals surface area contributed by atoms with Crippen LogP contribution in [0.5, 0.6) is 0 Å². The first-order chi connectivity index (χ1) is 9.24. The van der Waals surface area contributed by atoms with Gasteiger partial charge in [-0.1, -0.05) is 0 Å². The molecule has 20 heavy (non-hydrogen) atoms. The smallest absolute Gasteiger partial charge is 0.303 e. The van der Waals surface area contributed by atoms with Gasteiger partial charge in [0.05, 0.1) is 14.3 Å². The van der Waals surface area contributed by atoms with E-state index < -0.39 is 20.9 Å². The van der Waals surface area contributed by atoms with Crippen LogP contribution in [0.2, 0.25) is 0 Å². The summed E-state index contributed by atoms with van der Waals surface area (Å²) in [4.78, 5) is 20.1. The molecule has 0 fully saturated rings. The van der Waals surface area contributed by atoms with Crippen molar-refractivity contribution in [2.45, 2.75) is 17.7 Å². The molecule has 0 aliphatic carbocycles. The number of nitro groups is 1. The highest BCUT2D eigenvalue weighted by Gasteiger charge is 2.18. The van der Waals surface area contributed by atoms with Gasteiger partial charge in [0.15, 0.2) is 0 Å². The monoisotopic (exact) mass is 366 g/mol. The predicted molar refractivity (Wildman–Crippen MR) is 72.9 cm³/mol. The first-order valence-electron chi connectivity index (χ1n) is 5.39. The number of carboxylic acids is 1. The van der Waals surface area contributed by atoms with Gasteiger partial charge < -0.3 is 5.11 Å². The number of carbonyl (C=O) groups is 1. The lowest BCUT2D eigenvalue weighted by Crippen LogP contribution is -2.25. The average molecular weight is 367 g/mol. The van der Waals surface area contributed by atoms with Gasteiger partial charge in [-0.15, -0.1) is 0 Å². The van der Waals surface area contributed by atoms with Gasteiger partial charge in [0.1, 0.15) is 0 Å². The molecule has 0 atom stereocenters. The number of halogens is 1. The Morgan fingerprint density at radius 2 is 2.10 bits per heavy atom. The van der Waals surface area contributed by atoms with E-state index in [1.165, 1.54) is 0 Å². The molecule has 110 valence electrons. The zero-order valence-corrected chi connectivity index (χ0v) is 12.5. The van der Waals surface area contributed by atoms with Gasteiger partial charge in [-0.3, -0.25) is 14.9 Å². The maximum absolute atomic E-state index is 11.9. The topological polar surface area (TPSA) is 127 Å². The van der Waals surface area contributed by atoms with Gasteiger partial charge in [-0.25, -0.2) is 13.1 Å². The lowest BCUT2D eigenvalue weighted by Gasteiger charge is -2.06. The van der Waals surface area contributed by atoms with Crippen LogP contribution in [0.1, 0.15) is 12.8 Å². The summed E-state index contributed by atoms with van der Waals surface area (Å²) in [5.74, 6) is -1.01. The molecular formula is C10H11BrN2O6S. The molecule has 0 spiro atoms. The molecule has 0 unspecified atom stereocenters. The van der Waals surface area contributed by atoms with E-state index in [0.29, 0.717) is 0 Å². The minimum absolute atomic E-state index is 0.0246. The summed E-state index contributed by atoms with van der Waals surface area (Å²) in [7, 11) is -3.82. The van der Waals surface area contributed by atoms with Crippen molar-refractivity contribution in [3.63, 3.8) is 0 Å². The molecule has 0 saturated carbocycles. The Labute approximate surface area is 123 Å². The van der Waals surface area contributed by atoms with Crippen molar-refractivity contribution in [2.75, 3.05) is 6.54 Å². The lowest BCUT2D eigenvalue weighted by molar-refractivity contribution is -0.385. The van der Waals surface area contributed by atoms with Crippen LogP contribution < -0.4 is 4.72 Å². The molecule has 2 N–H and O–H groups in total. The summed E-state index contributed by atoms with van der Waals surface area (Å²) < 4.78 is 26.0. The van der Waals surface area contributed by atoms with Crippen molar-refractivity contribution < 1.29 is 23.2 Å². The Balaban J connectivity index is 2.80. The largest absolute Gasteiger partial charge is 0.481 e. The highest BCUT2D eigenvalue weighted by Crippen LogP contribution is 2.27. The Hall–Kier alpha value is -1.52. The van der Waals surface area contributed by atoms with E-state index >= 15 is 0 Å². The lowest BCUT2D eigenvalue weighted by atomic mass is 10.3. The van der Waals surface area contributed by atoms with Crippen molar-refractivity contribution in [3.8, 4) is 0 Å². The number of nitro benzene ring substituents is 1. The molecule has 8 nitrogen and oxygen atoms in total. The van der Waals surface area contributed by atoms with Crippen molar-refractivity contribution in [3.05, 3.63) is 32.8 Å². The van der Waals surface area contributed by atoms with Gasteiger partial charge in [0.25, 0.3) is 5.69 Å². The Morgan fingerprint density at radius 3 is 2.60 bits per heavy atom. The maximum atomic E-state index is 11.9. The maximum Gasteiger partial charge on any atom is 0.303 e. The van der Waals surface area contributed by atoms with Crippen LogP contribution in [-0.4, -0.2) is 31.0 Å². The molecule has 0 heterocycles. The van der Waals surface area contributed by atoms with Crippen molar-refractivity contribution in [2.24, 2.45) is 0 Å². The van der Waals surface area contributed by atoms with Crippen LogP contribution in [-0.2, 0) is 14.8 Å². The number of carboxylic acid groups (broad SMARTS) is 1. The molecule has 1 aromatic carbocycles. The first-order valence-corrected chi connectivity index (χ1v) is 7.67. The standard InChI is InChI=1S/C10H11BrN2O6S/c11-8-6-7(3-4-9(8)13(16)17)20(18,19)12-5-1-2-10(14)15/h3-4,6,12H,1-2,5H2,(H,14,15). The van der Waals surface area contributed by atoms with Crippen molar-refractivity contribution in [1.82, 2.24) is 4.72 Å². The van der Waals surface area contributed by atoms with Crippen LogP contribution in [0.4, 0.5) is 5.69 Å².